The molecule has 1 fully saturated rings. The van der Waals surface area contributed by atoms with Crippen LogP contribution in [-0.2, 0) is 11.3 Å². The first-order valence-electron chi connectivity index (χ1n) is 10.3. The minimum Gasteiger partial charge on any atom is -0.497 e. The SMILES string of the molecule is COc1cccc(CN(C)C(=O)CN2CCC(c3c[nH]c4ccccc34)CC2)c1. The van der Waals surface area contributed by atoms with Crippen LogP contribution in [0, 0.1) is 0 Å². The van der Waals surface area contributed by atoms with E-state index >= 15 is 0 Å². The summed E-state index contributed by atoms with van der Waals surface area (Å²) in [6.07, 6.45) is 4.35. The van der Waals surface area contributed by atoms with Crippen molar-refractivity contribution >= 4 is 16.8 Å². The van der Waals surface area contributed by atoms with Gasteiger partial charge in [0.25, 0.3) is 0 Å². The van der Waals surface area contributed by atoms with Crippen molar-refractivity contribution < 1.29 is 9.53 Å². The topological polar surface area (TPSA) is 48.6 Å². The van der Waals surface area contributed by atoms with Crippen molar-refractivity contribution in [3.8, 4) is 5.75 Å². The lowest BCUT2D eigenvalue weighted by Crippen LogP contribution is -2.41. The average Bonchev–Trinajstić information content (AvgIpc) is 3.18. The molecule has 2 heterocycles. The highest BCUT2D eigenvalue weighted by Gasteiger charge is 2.24. The van der Waals surface area contributed by atoms with E-state index in [2.05, 4.69) is 40.3 Å². The number of para-hydroxylation sites is 1. The number of nitrogens with zero attached hydrogens (tertiary/aromatic N) is 2. The molecule has 1 aliphatic heterocycles. The van der Waals surface area contributed by atoms with Gasteiger partial charge in [-0.2, -0.15) is 0 Å². The standard InChI is InChI=1S/C24H29N3O2/c1-26(16-18-6-5-7-20(14-18)29-2)24(28)17-27-12-10-19(11-13-27)22-15-25-23-9-4-3-8-21(22)23/h3-9,14-15,19,25H,10-13,16-17H2,1-2H3. The number of aromatic amines is 1. The molecule has 2 aromatic carbocycles. The summed E-state index contributed by atoms with van der Waals surface area (Å²) in [5.74, 6) is 1.55. The van der Waals surface area contributed by atoms with Gasteiger partial charge in [0.05, 0.1) is 13.7 Å². The number of piperidine rings is 1. The fourth-order valence-electron chi connectivity index (χ4n) is 4.28. The quantitative estimate of drug-likeness (QED) is 0.691. The van der Waals surface area contributed by atoms with Crippen molar-refractivity contribution in [3.05, 3.63) is 65.9 Å². The number of rotatable bonds is 6. The second-order valence-corrected chi connectivity index (χ2v) is 7.94. The third-order valence-corrected chi connectivity index (χ3v) is 5.99. The summed E-state index contributed by atoms with van der Waals surface area (Å²) in [5.41, 5.74) is 3.71. The lowest BCUT2D eigenvalue weighted by Gasteiger charge is -2.32. The molecule has 5 nitrogen and oxygen atoms in total. The minimum absolute atomic E-state index is 0.165. The zero-order valence-corrected chi connectivity index (χ0v) is 17.2. The highest BCUT2D eigenvalue weighted by Crippen LogP contribution is 2.33. The number of likely N-dealkylation sites (N-methyl/N-ethyl adjacent to an activating group) is 1. The zero-order valence-electron chi connectivity index (χ0n) is 17.2. The summed E-state index contributed by atoms with van der Waals surface area (Å²) in [6.45, 7) is 3.01. The van der Waals surface area contributed by atoms with Gasteiger partial charge in [0.1, 0.15) is 5.75 Å². The second kappa shape index (κ2) is 8.70. The van der Waals surface area contributed by atoms with Gasteiger partial charge in [-0.15, -0.1) is 0 Å². The van der Waals surface area contributed by atoms with Gasteiger partial charge in [0, 0.05) is 30.7 Å². The molecule has 29 heavy (non-hydrogen) atoms. The van der Waals surface area contributed by atoms with E-state index in [1.807, 2.05) is 31.3 Å². The Morgan fingerprint density at radius 2 is 1.97 bits per heavy atom. The number of hydrogen-bond donors (Lipinski definition) is 1. The summed E-state index contributed by atoms with van der Waals surface area (Å²) in [7, 11) is 3.54. The maximum Gasteiger partial charge on any atom is 0.236 e. The smallest absolute Gasteiger partial charge is 0.236 e. The molecule has 1 N–H and O–H groups in total. The van der Waals surface area contributed by atoms with Gasteiger partial charge < -0.3 is 14.6 Å². The molecule has 1 saturated heterocycles. The molecular weight excluding hydrogens is 362 g/mol. The molecule has 3 aromatic rings. The first-order valence-corrected chi connectivity index (χ1v) is 10.3. The van der Waals surface area contributed by atoms with E-state index in [0.717, 1.165) is 37.2 Å². The summed E-state index contributed by atoms with van der Waals surface area (Å²) in [4.78, 5) is 20.2. The molecule has 0 saturated carbocycles. The molecule has 152 valence electrons. The maximum absolute atomic E-state index is 12.7. The molecular formula is C24H29N3O2. The molecule has 0 atom stereocenters. The van der Waals surface area contributed by atoms with Crippen LogP contribution in [0.5, 0.6) is 5.75 Å². The number of carbonyl (C=O) groups excluding carboxylic acids is 1. The highest BCUT2D eigenvalue weighted by atomic mass is 16.5. The number of hydrogen-bond acceptors (Lipinski definition) is 3. The van der Waals surface area contributed by atoms with Gasteiger partial charge >= 0.3 is 0 Å². The lowest BCUT2D eigenvalue weighted by atomic mass is 9.89. The molecule has 4 rings (SSSR count). The van der Waals surface area contributed by atoms with Crippen LogP contribution in [0.4, 0.5) is 0 Å². The zero-order chi connectivity index (χ0) is 20.2. The molecule has 1 aromatic heterocycles. The van der Waals surface area contributed by atoms with Gasteiger partial charge in [-0.05, 0) is 61.2 Å². The van der Waals surface area contributed by atoms with Crippen molar-refractivity contribution in [1.29, 1.82) is 0 Å². The number of methoxy groups -OCH3 is 1. The maximum atomic E-state index is 12.7. The number of fused-ring (bicyclic) bond motifs is 1. The van der Waals surface area contributed by atoms with Crippen molar-refractivity contribution in [1.82, 2.24) is 14.8 Å². The van der Waals surface area contributed by atoms with Crippen LogP contribution in [-0.4, -0.2) is 54.5 Å². The Morgan fingerprint density at radius 1 is 1.17 bits per heavy atom. The van der Waals surface area contributed by atoms with E-state index in [9.17, 15) is 4.79 Å². The molecule has 0 bridgehead atoms. The number of carbonyl (C=O) groups is 1. The fraction of sp³-hybridized carbons (Fsp3) is 0.375. The molecule has 0 aliphatic carbocycles. The van der Waals surface area contributed by atoms with Crippen LogP contribution < -0.4 is 4.74 Å². The van der Waals surface area contributed by atoms with Crippen LogP contribution in [0.25, 0.3) is 10.9 Å². The molecule has 0 unspecified atom stereocenters. The predicted molar refractivity (Wildman–Crippen MR) is 116 cm³/mol. The number of nitrogens with one attached hydrogen (secondary N) is 1. The van der Waals surface area contributed by atoms with Crippen molar-refractivity contribution in [2.75, 3.05) is 33.8 Å². The minimum atomic E-state index is 0.165. The molecule has 5 heteroatoms. The Balaban J connectivity index is 1.30. The van der Waals surface area contributed by atoms with Crippen molar-refractivity contribution in [3.63, 3.8) is 0 Å². The van der Waals surface area contributed by atoms with E-state index in [0.29, 0.717) is 19.0 Å². The van der Waals surface area contributed by atoms with Crippen molar-refractivity contribution in [2.45, 2.75) is 25.3 Å². The third kappa shape index (κ3) is 4.46. The first-order chi connectivity index (χ1) is 14.1. The average molecular weight is 392 g/mol. The van der Waals surface area contributed by atoms with Gasteiger partial charge in [-0.3, -0.25) is 9.69 Å². The summed E-state index contributed by atoms with van der Waals surface area (Å²) in [6, 6.07) is 16.4. The van der Waals surface area contributed by atoms with Crippen molar-refractivity contribution in [2.24, 2.45) is 0 Å². The van der Waals surface area contributed by atoms with E-state index in [-0.39, 0.29) is 5.91 Å². The summed E-state index contributed by atoms with van der Waals surface area (Å²) in [5, 5.41) is 1.33. The van der Waals surface area contributed by atoms with Crippen LogP contribution in [0.3, 0.4) is 0 Å². The van der Waals surface area contributed by atoms with Gasteiger partial charge in [-0.1, -0.05) is 30.3 Å². The normalized spacial score (nSPS) is 15.5. The van der Waals surface area contributed by atoms with E-state index in [1.54, 1.807) is 12.0 Å². The van der Waals surface area contributed by atoms with Gasteiger partial charge in [0.2, 0.25) is 5.91 Å². The molecule has 1 aliphatic rings. The predicted octanol–water partition coefficient (Wildman–Crippen LogP) is 4.01. The van der Waals surface area contributed by atoms with E-state index in [1.165, 1.54) is 16.5 Å². The Hall–Kier alpha value is -2.79. The molecule has 0 spiro atoms. The number of aromatic nitrogens is 1. The van der Waals surface area contributed by atoms with Gasteiger partial charge in [0.15, 0.2) is 0 Å². The number of amides is 1. The van der Waals surface area contributed by atoms with E-state index < -0.39 is 0 Å². The first kappa shape index (κ1) is 19.5. The Labute approximate surface area is 172 Å². The van der Waals surface area contributed by atoms with Gasteiger partial charge in [-0.25, -0.2) is 0 Å². The van der Waals surface area contributed by atoms with E-state index in [4.69, 9.17) is 4.74 Å². The van der Waals surface area contributed by atoms with Crippen LogP contribution in [0.1, 0.15) is 29.9 Å². The highest BCUT2D eigenvalue weighted by molar-refractivity contribution is 5.83. The lowest BCUT2D eigenvalue weighted by molar-refractivity contribution is -0.131. The van der Waals surface area contributed by atoms with Crippen LogP contribution >= 0.6 is 0 Å². The number of benzene rings is 2. The summed E-state index contributed by atoms with van der Waals surface area (Å²) >= 11 is 0. The van der Waals surface area contributed by atoms with Crippen LogP contribution in [0.2, 0.25) is 0 Å². The number of likely N-dealkylation sites (tertiary alicyclic amines) is 1. The summed E-state index contributed by atoms with van der Waals surface area (Å²) < 4.78 is 5.27. The Kier molecular flexibility index (Phi) is 5.86. The second-order valence-electron chi connectivity index (χ2n) is 7.94. The third-order valence-electron chi connectivity index (χ3n) is 5.99. The number of H-pyrrole nitrogens is 1. The Bertz CT molecular complexity index is 973. The number of ether oxygens (including phenoxy) is 1. The largest absolute Gasteiger partial charge is 0.497 e. The fourth-order valence-corrected chi connectivity index (χ4v) is 4.28. The van der Waals surface area contributed by atoms with Crippen LogP contribution in [0.15, 0.2) is 54.7 Å². The molecule has 0 radical (unpaired) electrons. The molecule has 1 amide bonds. The Morgan fingerprint density at radius 3 is 2.76 bits per heavy atom. The monoisotopic (exact) mass is 391 g/mol.